The number of sulfonamides is 1. The Labute approximate surface area is 189 Å². The van der Waals surface area contributed by atoms with Crippen molar-refractivity contribution in [3.8, 4) is 0 Å². The zero-order valence-corrected chi connectivity index (χ0v) is 19.1. The van der Waals surface area contributed by atoms with Crippen LogP contribution < -0.4 is 15.4 Å². The molecule has 3 rings (SSSR count). The van der Waals surface area contributed by atoms with Crippen LogP contribution in [0.15, 0.2) is 29.2 Å². The zero-order chi connectivity index (χ0) is 22.3. The van der Waals surface area contributed by atoms with Crippen LogP contribution >= 0.6 is 11.6 Å². The van der Waals surface area contributed by atoms with Crippen molar-refractivity contribution in [2.75, 3.05) is 13.2 Å². The van der Waals surface area contributed by atoms with Gasteiger partial charge in [0, 0.05) is 17.6 Å². The fraction of sp³-hybridized carbons (Fsp3) is 0.667. The number of carbonyl (C=O) groups excluding carboxylic acids is 1. The number of rotatable bonds is 8. The highest BCUT2D eigenvalue weighted by molar-refractivity contribution is 7.89. The Morgan fingerprint density at radius 3 is 2.45 bits per heavy atom. The van der Waals surface area contributed by atoms with Crippen LogP contribution in [0.5, 0.6) is 0 Å². The molecule has 1 saturated heterocycles. The second-order valence-electron chi connectivity index (χ2n) is 8.26. The number of carbonyl (C=O) groups is 1. The Bertz CT molecular complexity index is 815. The van der Waals surface area contributed by atoms with Gasteiger partial charge in [-0.15, -0.1) is 0 Å². The predicted octanol–water partition coefficient (Wildman–Crippen LogP) is 2.55. The third kappa shape index (κ3) is 7.32. The minimum atomic E-state index is -3.62. The second-order valence-corrected chi connectivity index (χ2v) is 10.5. The first-order valence-electron chi connectivity index (χ1n) is 11.0. The Balaban J connectivity index is 1.42. The number of hydrogen-bond acceptors (Lipinski definition) is 5. The van der Waals surface area contributed by atoms with E-state index in [9.17, 15) is 18.3 Å². The van der Waals surface area contributed by atoms with Crippen LogP contribution in [0.1, 0.15) is 51.4 Å². The van der Waals surface area contributed by atoms with Crippen molar-refractivity contribution in [3.05, 3.63) is 29.3 Å². The van der Waals surface area contributed by atoms with Crippen LogP contribution in [0.2, 0.25) is 5.02 Å². The maximum Gasteiger partial charge on any atom is 0.315 e. The van der Waals surface area contributed by atoms with E-state index in [0.717, 1.165) is 25.7 Å². The average molecular weight is 474 g/mol. The van der Waals surface area contributed by atoms with Gasteiger partial charge in [0.25, 0.3) is 0 Å². The normalized spacial score (nSPS) is 25.2. The lowest BCUT2D eigenvalue weighted by atomic mass is 9.95. The molecule has 8 nitrogen and oxygen atoms in total. The smallest absolute Gasteiger partial charge is 0.315 e. The van der Waals surface area contributed by atoms with Gasteiger partial charge in [-0.1, -0.05) is 30.9 Å². The second kappa shape index (κ2) is 11.5. The average Bonchev–Trinajstić information content (AvgIpc) is 2.75. The first kappa shape index (κ1) is 24.3. The van der Waals surface area contributed by atoms with E-state index in [1.165, 1.54) is 30.7 Å². The lowest BCUT2D eigenvalue weighted by Crippen LogP contribution is -2.55. The van der Waals surface area contributed by atoms with Crippen LogP contribution in [-0.4, -0.2) is 57.0 Å². The molecule has 1 heterocycles. The SMILES string of the molecule is O=C(NC1CCCCC1)N[C@H]1CC[C@H](CCNS(=O)(=O)c2ccc(Cl)cc2)O[C@H]1CO. The van der Waals surface area contributed by atoms with E-state index in [-0.39, 0.29) is 42.3 Å². The molecule has 4 N–H and O–H groups in total. The summed E-state index contributed by atoms with van der Waals surface area (Å²) in [4.78, 5) is 12.5. The molecule has 31 heavy (non-hydrogen) atoms. The van der Waals surface area contributed by atoms with E-state index in [1.807, 2.05) is 0 Å². The Morgan fingerprint density at radius 2 is 1.77 bits per heavy atom. The van der Waals surface area contributed by atoms with Gasteiger partial charge in [-0.3, -0.25) is 0 Å². The van der Waals surface area contributed by atoms with E-state index in [0.29, 0.717) is 24.3 Å². The summed E-state index contributed by atoms with van der Waals surface area (Å²) in [7, 11) is -3.62. The molecule has 1 aliphatic carbocycles. The van der Waals surface area contributed by atoms with Crippen molar-refractivity contribution in [2.45, 2.75) is 80.6 Å². The Hall–Kier alpha value is -1.39. The summed E-state index contributed by atoms with van der Waals surface area (Å²) in [6.07, 6.45) is 6.63. The molecule has 174 valence electrons. The van der Waals surface area contributed by atoms with Crippen molar-refractivity contribution < 1.29 is 23.1 Å². The molecule has 0 radical (unpaired) electrons. The summed E-state index contributed by atoms with van der Waals surface area (Å²) in [5.41, 5.74) is 0. The zero-order valence-electron chi connectivity index (χ0n) is 17.6. The number of aliphatic hydroxyl groups is 1. The highest BCUT2D eigenvalue weighted by atomic mass is 35.5. The number of urea groups is 1. The largest absolute Gasteiger partial charge is 0.394 e. The molecular weight excluding hydrogens is 442 g/mol. The lowest BCUT2D eigenvalue weighted by molar-refractivity contribution is -0.0887. The number of halogens is 1. The van der Waals surface area contributed by atoms with E-state index in [4.69, 9.17) is 16.3 Å². The number of hydrogen-bond donors (Lipinski definition) is 4. The predicted molar refractivity (Wildman–Crippen MR) is 119 cm³/mol. The minimum Gasteiger partial charge on any atom is -0.394 e. The van der Waals surface area contributed by atoms with Gasteiger partial charge in [0.1, 0.15) is 6.10 Å². The molecule has 0 unspecified atom stereocenters. The third-order valence-corrected chi connectivity index (χ3v) is 7.66. The van der Waals surface area contributed by atoms with Crippen LogP contribution in [0.3, 0.4) is 0 Å². The molecule has 1 aliphatic heterocycles. The quantitative estimate of drug-likeness (QED) is 0.463. The van der Waals surface area contributed by atoms with E-state index in [2.05, 4.69) is 15.4 Å². The lowest BCUT2D eigenvalue weighted by Gasteiger charge is -2.36. The van der Waals surface area contributed by atoms with Gasteiger partial charge in [0.2, 0.25) is 10.0 Å². The van der Waals surface area contributed by atoms with Crippen LogP contribution in [0, 0.1) is 0 Å². The van der Waals surface area contributed by atoms with Crippen LogP contribution in [-0.2, 0) is 14.8 Å². The molecule has 1 aromatic rings. The van der Waals surface area contributed by atoms with E-state index in [1.54, 1.807) is 0 Å². The molecular formula is C21H32ClN3O5S. The summed E-state index contributed by atoms with van der Waals surface area (Å²) < 4.78 is 33.2. The van der Waals surface area contributed by atoms with Gasteiger partial charge in [0.05, 0.1) is 23.6 Å². The summed E-state index contributed by atoms with van der Waals surface area (Å²) in [5, 5.41) is 16.1. The molecule has 2 aliphatic rings. The summed E-state index contributed by atoms with van der Waals surface area (Å²) in [6, 6.07) is 5.71. The van der Waals surface area contributed by atoms with Crippen molar-refractivity contribution >= 4 is 27.7 Å². The van der Waals surface area contributed by atoms with Crippen molar-refractivity contribution in [1.29, 1.82) is 0 Å². The molecule has 1 aromatic carbocycles. The van der Waals surface area contributed by atoms with E-state index >= 15 is 0 Å². The maximum absolute atomic E-state index is 12.4. The first-order valence-corrected chi connectivity index (χ1v) is 12.8. The maximum atomic E-state index is 12.4. The van der Waals surface area contributed by atoms with Gasteiger partial charge in [-0.05, 0) is 56.4 Å². The number of amides is 2. The number of aliphatic hydroxyl groups excluding tert-OH is 1. The van der Waals surface area contributed by atoms with Crippen LogP contribution in [0.4, 0.5) is 4.79 Å². The van der Waals surface area contributed by atoms with Crippen molar-refractivity contribution in [3.63, 3.8) is 0 Å². The molecule has 3 atom stereocenters. The molecule has 0 bridgehead atoms. The minimum absolute atomic E-state index is 0.155. The number of benzene rings is 1. The summed E-state index contributed by atoms with van der Waals surface area (Å²) >= 11 is 5.80. The highest BCUT2D eigenvalue weighted by Crippen LogP contribution is 2.22. The molecule has 2 amide bonds. The standard InChI is InChI=1S/C21H32ClN3O5S/c22-15-6-9-18(10-7-15)31(28,29)23-13-12-17-8-11-19(20(14-26)30-17)25-21(27)24-16-4-2-1-3-5-16/h6-7,9-10,16-17,19-20,23,26H,1-5,8,11-14H2,(H2,24,25,27)/t17-,19+,20+/m1/s1. The van der Waals surface area contributed by atoms with Gasteiger partial charge in [-0.25, -0.2) is 17.9 Å². The fourth-order valence-electron chi connectivity index (χ4n) is 4.20. The Morgan fingerprint density at radius 1 is 1.06 bits per heavy atom. The van der Waals surface area contributed by atoms with Gasteiger partial charge in [0.15, 0.2) is 0 Å². The van der Waals surface area contributed by atoms with Crippen LogP contribution in [0.25, 0.3) is 0 Å². The molecule has 1 saturated carbocycles. The van der Waals surface area contributed by atoms with E-state index < -0.39 is 16.1 Å². The van der Waals surface area contributed by atoms with Gasteiger partial charge >= 0.3 is 6.03 Å². The molecule has 10 heteroatoms. The number of nitrogens with one attached hydrogen (secondary N) is 3. The van der Waals surface area contributed by atoms with Gasteiger partial charge < -0.3 is 20.5 Å². The molecule has 0 spiro atoms. The number of ether oxygens (including phenoxy) is 1. The summed E-state index contributed by atoms with van der Waals surface area (Å²) in [6.45, 7) is 0.00934. The highest BCUT2D eigenvalue weighted by Gasteiger charge is 2.32. The molecule has 0 aromatic heterocycles. The Kier molecular flexibility index (Phi) is 8.97. The van der Waals surface area contributed by atoms with Crippen molar-refractivity contribution in [1.82, 2.24) is 15.4 Å². The molecule has 2 fully saturated rings. The summed E-state index contributed by atoms with van der Waals surface area (Å²) in [5.74, 6) is 0. The first-order chi connectivity index (χ1) is 14.9. The topological polar surface area (TPSA) is 117 Å². The van der Waals surface area contributed by atoms with Crippen molar-refractivity contribution in [2.24, 2.45) is 0 Å². The fourth-order valence-corrected chi connectivity index (χ4v) is 5.38. The monoisotopic (exact) mass is 473 g/mol. The van der Waals surface area contributed by atoms with Gasteiger partial charge in [-0.2, -0.15) is 0 Å². The third-order valence-electron chi connectivity index (χ3n) is 5.93.